The summed E-state index contributed by atoms with van der Waals surface area (Å²) in [4.78, 5) is 4.67. The molecule has 1 saturated carbocycles. The lowest BCUT2D eigenvalue weighted by molar-refractivity contribution is 0.223. The molecule has 1 aliphatic rings. The van der Waals surface area contributed by atoms with Gasteiger partial charge >= 0.3 is 0 Å². The highest BCUT2D eigenvalue weighted by molar-refractivity contribution is 6.20. The van der Waals surface area contributed by atoms with Crippen LogP contribution in [0.1, 0.15) is 55.9 Å². The molecule has 20 heavy (non-hydrogen) atoms. The van der Waals surface area contributed by atoms with Crippen LogP contribution in [0.15, 0.2) is 18.2 Å². The van der Waals surface area contributed by atoms with Gasteiger partial charge in [-0.15, -0.1) is 11.6 Å². The van der Waals surface area contributed by atoms with E-state index in [0.29, 0.717) is 17.5 Å². The van der Waals surface area contributed by atoms with Gasteiger partial charge in [0.1, 0.15) is 5.82 Å². The van der Waals surface area contributed by atoms with E-state index in [1.54, 1.807) is 0 Å². The fourth-order valence-corrected chi connectivity index (χ4v) is 3.18. The molecule has 0 aliphatic heterocycles. The summed E-state index contributed by atoms with van der Waals surface area (Å²) < 4.78 is 2.25. The van der Waals surface area contributed by atoms with Crippen molar-refractivity contribution in [1.82, 2.24) is 9.55 Å². The number of halogens is 1. The number of aromatic nitrogens is 2. The molecule has 0 saturated heterocycles. The lowest BCUT2D eigenvalue weighted by Gasteiger charge is -2.33. The highest BCUT2D eigenvalue weighted by Crippen LogP contribution is 2.39. The van der Waals surface area contributed by atoms with Gasteiger partial charge in [-0.3, -0.25) is 0 Å². The molecule has 0 amide bonds. The number of nitriles is 1. The second kappa shape index (κ2) is 5.10. The van der Waals surface area contributed by atoms with Crippen molar-refractivity contribution in [2.45, 2.75) is 44.5 Å². The van der Waals surface area contributed by atoms with Crippen LogP contribution in [-0.2, 0) is 0 Å². The van der Waals surface area contributed by atoms with E-state index < -0.39 is 0 Å². The first-order chi connectivity index (χ1) is 9.61. The maximum absolute atomic E-state index is 9.10. The summed E-state index contributed by atoms with van der Waals surface area (Å²) in [5.74, 6) is 1.61. The summed E-state index contributed by atoms with van der Waals surface area (Å²) in [6.07, 6.45) is 3.86. The molecule has 0 radical (unpaired) electrons. The van der Waals surface area contributed by atoms with Gasteiger partial charge in [0, 0.05) is 6.04 Å². The second-order valence-corrected chi connectivity index (χ2v) is 6.36. The largest absolute Gasteiger partial charge is 0.324 e. The molecular weight excluding hydrogens is 270 g/mol. The Bertz CT molecular complexity index is 677. The van der Waals surface area contributed by atoms with Crippen LogP contribution in [-0.4, -0.2) is 9.55 Å². The molecule has 104 valence electrons. The number of hydrogen-bond acceptors (Lipinski definition) is 2. The van der Waals surface area contributed by atoms with Crippen LogP contribution in [0.2, 0.25) is 0 Å². The summed E-state index contributed by atoms with van der Waals surface area (Å²) in [7, 11) is 0. The molecule has 3 nitrogen and oxygen atoms in total. The van der Waals surface area contributed by atoms with Gasteiger partial charge in [0.2, 0.25) is 0 Å². The zero-order chi connectivity index (χ0) is 14.3. The standard InChI is InChI=1S/C16H18ClN3/c1-10(17)16-19-14-7-6-12(9-18)8-15(14)20(16)11(2)13-4-3-5-13/h6-8,10-11,13H,3-5H2,1-2H3. The summed E-state index contributed by atoms with van der Waals surface area (Å²) in [6, 6.07) is 8.26. The van der Waals surface area contributed by atoms with Gasteiger partial charge in [0.25, 0.3) is 0 Å². The van der Waals surface area contributed by atoms with E-state index in [1.807, 2.05) is 25.1 Å². The minimum absolute atomic E-state index is 0.129. The van der Waals surface area contributed by atoms with E-state index in [9.17, 15) is 0 Å². The van der Waals surface area contributed by atoms with Gasteiger partial charge in [0.05, 0.1) is 28.0 Å². The molecule has 1 fully saturated rings. The molecule has 1 heterocycles. The minimum Gasteiger partial charge on any atom is -0.324 e. The smallest absolute Gasteiger partial charge is 0.127 e. The third-order valence-electron chi connectivity index (χ3n) is 4.44. The molecule has 1 aromatic heterocycles. The maximum atomic E-state index is 9.10. The topological polar surface area (TPSA) is 41.6 Å². The Morgan fingerprint density at radius 3 is 2.70 bits per heavy atom. The molecule has 1 aromatic carbocycles. The van der Waals surface area contributed by atoms with E-state index in [-0.39, 0.29) is 5.38 Å². The number of rotatable bonds is 3. The van der Waals surface area contributed by atoms with Crippen molar-refractivity contribution in [3.63, 3.8) is 0 Å². The third-order valence-corrected chi connectivity index (χ3v) is 4.64. The normalized spacial score (nSPS) is 18.5. The van der Waals surface area contributed by atoms with Crippen LogP contribution >= 0.6 is 11.6 Å². The second-order valence-electron chi connectivity index (χ2n) is 5.70. The molecule has 3 rings (SSSR count). The lowest BCUT2D eigenvalue weighted by atomic mass is 9.80. The van der Waals surface area contributed by atoms with Crippen LogP contribution in [0.3, 0.4) is 0 Å². The first kappa shape index (κ1) is 13.5. The zero-order valence-electron chi connectivity index (χ0n) is 11.8. The van der Waals surface area contributed by atoms with E-state index >= 15 is 0 Å². The number of alkyl halides is 1. The van der Waals surface area contributed by atoms with Crippen molar-refractivity contribution in [3.05, 3.63) is 29.6 Å². The Morgan fingerprint density at radius 1 is 1.40 bits per heavy atom. The molecule has 0 bridgehead atoms. The summed E-state index contributed by atoms with van der Waals surface area (Å²) in [6.45, 7) is 4.20. The van der Waals surface area contributed by atoms with Crippen molar-refractivity contribution in [3.8, 4) is 6.07 Å². The van der Waals surface area contributed by atoms with E-state index in [0.717, 1.165) is 16.9 Å². The molecule has 2 unspecified atom stereocenters. The maximum Gasteiger partial charge on any atom is 0.127 e. The van der Waals surface area contributed by atoms with Gasteiger partial charge in [-0.05, 0) is 50.8 Å². The SMILES string of the molecule is CC(Cl)c1nc2ccc(C#N)cc2n1C(C)C1CCC1. The molecular formula is C16H18ClN3. The first-order valence-corrected chi connectivity index (χ1v) is 7.61. The highest BCUT2D eigenvalue weighted by atomic mass is 35.5. The monoisotopic (exact) mass is 287 g/mol. The van der Waals surface area contributed by atoms with Crippen LogP contribution in [0.4, 0.5) is 0 Å². The van der Waals surface area contributed by atoms with Crippen LogP contribution < -0.4 is 0 Å². The first-order valence-electron chi connectivity index (χ1n) is 7.18. The highest BCUT2D eigenvalue weighted by Gasteiger charge is 2.29. The number of fused-ring (bicyclic) bond motifs is 1. The third kappa shape index (κ3) is 2.09. The average molecular weight is 288 g/mol. The Kier molecular flexibility index (Phi) is 3.43. The molecule has 2 aromatic rings. The summed E-state index contributed by atoms with van der Waals surface area (Å²) >= 11 is 6.32. The van der Waals surface area contributed by atoms with Gasteiger partial charge in [-0.25, -0.2) is 4.98 Å². The van der Waals surface area contributed by atoms with Gasteiger partial charge in [0.15, 0.2) is 0 Å². The fraction of sp³-hybridized carbons (Fsp3) is 0.500. The van der Waals surface area contributed by atoms with Crippen molar-refractivity contribution < 1.29 is 0 Å². The molecule has 0 spiro atoms. The van der Waals surface area contributed by atoms with Crippen molar-refractivity contribution >= 4 is 22.6 Å². The number of nitrogens with zero attached hydrogens (tertiary/aromatic N) is 3. The van der Waals surface area contributed by atoms with E-state index in [4.69, 9.17) is 16.9 Å². The number of imidazole rings is 1. The molecule has 1 aliphatic carbocycles. The van der Waals surface area contributed by atoms with Gasteiger partial charge in [-0.2, -0.15) is 5.26 Å². The fourth-order valence-electron chi connectivity index (χ4n) is 3.02. The lowest BCUT2D eigenvalue weighted by Crippen LogP contribution is -2.24. The quantitative estimate of drug-likeness (QED) is 0.776. The zero-order valence-corrected chi connectivity index (χ0v) is 12.6. The van der Waals surface area contributed by atoms with E-state index in [2.05, 4.69) is 22.5 Å². The summed E-state index contributed by atoms with van der Waals surface area (Å²) in [5.41, 5.74) is 2.64. The molecule has 0 N–H and O–H groups in total. The Morgan fingerprint density at radius 2 is 2.15 bits per heavy atom. The number of hydrogen-bond donors (Lipinski definition) is 0. The van der Waals surface area contributed by atoms with Crippen molar-refractivity contribution in [1.29, 1.82) is 5.26 Å². The minimum atomic E-state index is -0.129. The van der Waals surface area contributed by atoms with E-state index in [1.165, 1.54) is 19.3 Å². The van der Waals surface area contributed by atoms with Crippen molar-refractivity contribution in [2.75, 3.05) is 0 Å². The predicted octanol–water partition coefficient (Wildman–Crippen LogP) is 4.57. The van der Waals surface area contributed by atoms with Gasteiger partial charge in [-0.1, -0.05) is 6.42 Å². The average Bonchev–Trinajstić information content (AvgIpc) is 2.74. The van der Waals surface area contributed by atoms with Crippen LogP contribution in [0.25, 0.3) is 11.0 Å². The summed E-state index contributed by atoms with van der Waals surface area (Å²) in [5, 5.41) is 8.97. The predicted molar refractivity (Wildman–Crippen MR) is 80.8 cm³/mol. The van der Waals surface area contributed by atoms with Crippen LogP contribution in [0.5, 0.6) is 0 Å². The number of benzene rings is 1. The van der Waals surface area contributed by atoms with Crippen LogP contribution in [0, 0.1) is 17.2 Å². The molecule has 4 heteroatoms. The molecule has 2 atom stereocenters. The Hall–Kier alpha value is -1.53. The van der Waals surface area contributed by atoms with Gasteiger partial charge < -0.3 is 4.57 Å². The Balaban J connectivity index is 2.19. The Labute approximate surface area is 124 Å². The van der Waals surface area contributed by atoms with Crippen molar-refractivity contribution in [2.24, 2.45) is 5.92 Å².